The number of aliphatic carboxylic acids is 1. The van der Waals surface area contributed by atoms with E-state index in [1.165, 1.54) is 0 Å². The number of hydrogen-bond acceptors (Lipinski definition) is 1. The average Bonchev–Trinajstić information content (AvgIpc) is 2.33. The minimum atomic E-state index is -8.29. The Labute approximate surface area is 125 Å². The van der Waals surface area contributed by atoms with Crippen LogP contribution in [0.1, 0.15) is 0 Å². The Kier molecular flexibility index (Phi) is 5.11. The van der Waals surface area contributed by atoms with Crippen molar-refractivity contribution in [2.45, 2.75) is 41.7 Å². The van der Waals surface area contributed by atoms with Gasteiger partial charge in [-0.2, -0.15) is 61.5 Å². The largest absolute Gasteiger partial charge is 0.479 e. The van der Waals surface area contributed by atoms with Gasteiger partial charge in [-0.15, -0.1) is 0 Å². The fraction of sp³-hybridized carbons (Fsp3) is 0.875. The molecule has 0 aromatic carbocycles. The molecule has 0 radical (unpaired) electrons. The van der Waals surface area contributed by atoms with E-state index in [9.17, 15) is 70.7 Å². The van der Waals surface area contributed by atoms with Gasteiger partial charge >= 0.3 is 47.7 Å². The fourth-order valence-corrected chi connectivity index (χ4v) is 1.25. The number of carbonyl (C=O) groups is 1. The number of alkyl halides is 15. The van der Waals surface area contributed by atoms with Gasteiger partial charge in [0, 0.05) is 0 Å². The summed E-state index contributed by atoms with van der Waals surface area (Å²) < 4.78 is 186. The van der Waals surface area contributed by atoms with Crippen LogP contribution >= 0.6 is 0 Å². The standard InChI is InChI=1S/C8HF15O2/c9-2(1(24)25,3(10,11)5(14,15)7(18,19)20)4(12,13)6(16,17)8(21,22)23/h(H,24,25). The van der Waals surface area contributed by atoms with Gasteiger partial charge < -0.3 is 5.11 Å². The lowest BCUT2D eigenvalue weighted by molar-refractivity contribution is -0.429. The van der Waals surface area contributed by atoms with Gasteiger partial charge in [-0.05, 0) is 0 Å². The molecule has 0 rings (SSSR count). The summed E-state index contributed by atoms with van der Waals surface area (Å²) >= 11 is 0. The zero-order valence-electron chi connectivity index (χ0n) is 10.5. The topological polar surface area (TPSA) is 37.3 Å². The molecule has 0 aliphatic rings. The highest BCUT2D eigenvalue weighted by Crippen LogP contribution is 2.61. The normalized spacial score (nSPS) is 16.1. The molecule has 0 amide bonds. The van der Waals surface area contributed by atoms with E-state index in [1.807, 2.05) is 0 Å². The number of halogens is 15. The lowest BCUT2D eigenvalue weighted by Gasteiger charge is -2.41. The second kappa shape index (κ2) is 5.46. The van der Waals surface area contributed by atoms with Crippen molar-refractivity contribution in [2.24, 2.45) is 0 Å². The maximum Gasteiger partial charge on any atom is 0.460 e. The third-order valence-corrected chi connectivity index (χ3v) is 2.66. The molecular formula is C8HF15O2. The molecule has 0 bridgehead atoms. The molecule has 0 saturated carbocycles. The van der Waals surface area contributed by atoms with E-state index in [0.717, 1.165) is 0 Å². The molecule has 0 heterocycles. The Morgan fingerprint density at radius 1 is 0.480 bits per heavy atom. The molecule has 0 spiro atoms. The fourth-order valence-electron chi connectivity index (χ4n) is 1.25. The predicted molar refractivity (Wildman–Crippen MR) is 43.4 cm³/mol. The molecule has 0 saturated heterocycles. The second-order valence-electron chi connectivity index (χ2n) is 4.26. The third-order valence-electron chi connectivity index (χ3n) is 2.66. The van der Waals surface area contributed by atoms with Crippen LogP contribution in [0.4, 0.5) is 65.9 Å². The van der Waals surface area contributed by atoms with E-state index in [0.29, 0.717) is 0 Å². The lowest BCUT2D eigenvalue weighted by atomic mass is 9.82. The minimum absolute atomic E-state index is 4.82. The number of carboxylic acid groups (broad SMARTS) is 1. The summed E-state index contributed by atoms with van der Waals surface area (Å²) in [6, 6.07) is 0. The molecule has 0 atom stereocenters. The van der Waals surface area contributed by atoms with Crippen LogP contribution in [0.25, 0.3) is 0 Å². The van der Waals surface area contributed by atoms with Crippen molar-refractivity contribution in [2.75, 3.05) is 0 Å². The molecular weight excluding hydrogens is 413 g/mol. The van der Waals surface area contributed by atoms with Crippen LogP contribution in [-0.2, 0) is 4.79 Å². The average molecular weight is 414 g/mol. The summed E-state index contributed by atoms with van der Waals surface area (Å²) in [6.07, 6.45) is -15.4. The first-order valence-corrected chi connectivity index (χ1v) is 5.01. The van der Waals surface area contributed by atoms with Crippen molar-refractivity contribution in [1.29, 1.82) is 0 Å². The first-order chi connectivity index (χ1) is 10.4. The first kappa shape index (κ1) is 23.4. The van der Waals surface area contributed by atoms with E-state index in [4.69, 9.17) is 5.11 Å². The lowest BCUT2D eigenvalue weighted by Crippen LogP contribution is -2.76. The molecule has 25 heavy (non-hydrogen) atoms. The zero-order chi connectivity index (χ0) is 21.1. The van der Waals surface area contributed by atoms with Crippen LogP contribution in [0, 0.1) is 0 Å². The van der Waals surface area contributed by atoms with E-state index in [-0.39, 0.29) is 0 Å². The number of carboxylic acids is 1. The van der Waals surface area contributed by atoms with Gasteiger partial charge in [-0.25, -0.2) is 9.18 Å². The third kappa shape index (κ3) is 2.74. The SMILES string of the molecule is O=C(O)C(F)(C(F)(F)C(F)(F)C(F)(F)F)C(F)(F)C(F)(F)C(F)(F)F. The summed E-state index contributed by atoms with van der Waals surface area (Å²) in [5.74, 6) is -37.5. The quantitative estimate of drug-likeness (QED) is 0.676. The van der Waals surface area contributed by atoms with Crippen molar-refractivity contribution in [3.8, 4) is 0 Å². The van der Waals surface area contributed by atoms with Gasteiger partial charge in [-0.3, -0.25) is 0 Å². The highest BCUT2D eigenvalue weighted by molar-refractivity contribution is 5.81. The van der Waals surface area contributed by atoms with Crippen molar-refractivity contribution in [3.05, 3.63) is 0 Å². The Morgan fingerprint density at radius 2 is 0.680 bits per heavy atom. The van der Waals surface area contributed by atoms with Gasteiger partial charge in [0.25, 0.3) is 0 Å². The monoisotopic (exact) mass is 414 g/mol. The molecule has 2 nitrogen and oxygen atoms in total. The molecule has 0 fully saturated rings. The van der Waals surface area contributed by atoms with Crippen molar-refractivity contribution >= 4 is 5.97 Å². The highest BCUT2D eigenvalue weighted by atomic mass is 19.4. The smallest absolute Gasteiger partial charge is 0.460 e. The van der Waals surface area contributed by atoms with Gasteiger partial charge in [0.2, 0.25) is 0 Å². The van der Waals surface area contributed by atoms with Crippen molar-refractivity contribution in [3.63, 3.8) is 0 Å². The molecule has 0 aromatic rings. The maximum absolute atomic E-state index is 13.5. The molecule has 0 aliphatic heterocycles. The number of rotatable bonds is 5. The van der Waals surface area contributed by atoms with E-state index < -0.39 is 47.7 Å². The van der Waals surface area contributed by atoms with Crippen molar-refractivity contribution in [1.82, 2.24) is 0 Å². The Morgan fingerprint density at radius 3 is 0.800 bits per heavy atom. The predicted octanol–water partition coefficient (Wildman–Crippen LogP) is 4.45. The van der Waals surface area contributed by atoms with E-state index >= 15 is 0 Å². The molecule has 0 aromatic heterocycles. The Bertz CT molecular complexity index is 489. The van der Waals surface area contributed by atoms with Crippen LogP contribution in [0.3, 0.4) is 0 Å². The Balaban J connectivity index is 6.89. The van der Waals surface area contributed by atoms with Crippen LogP contribution in [0.5, 0.6) is 0 Å². The number of hydrogen-bond donors (Lipinski definition) is 1. The molecule has 0 unspecified atom stereocenters. The van der Waals surface area contributed by atoms with Crippen LogP contribution in [0.15, 0.2) is 0 Å². The van der Waals surface area contributed by atoms with Crippen molar-refractivity contribution < 1.29 is 75.8 Å². The molecule has 1 N–H and O–H groups in total. The van der Waals surface area contributed by atoms with Crippen LogP contribution in [0.2, 0.25) is 0 Å². The molecule has 150 valence electrons. The summed E-state index contributed by atoms with van der Waals surface area (Å²) in [4.78, 5) is 10.1. The Hall–Kier alpha value is -1.58. The maximum atomic E-state index is 13.5. The van der Waals surface area contributed by atoms with Gasteiger partial charge in [0.05, 0.1) is 0 Å². The van der Waals surface area contributed by atoms with E-state index in [2.05, 4.69) is 0 Å². The van der Waals surface area contributed by atoms with E-state index in [1.54, 1.807) is 0 Å². The van der Waals surface area contributed by atoms with Gasteiger partial charge in [0.15, 0.2) is 0 Å². The summed E-state index contributed by atoms with van der Waals surface area (Å²) in [5.41, 5.74) is -8.02. The van der Waals surface area contributed by atoms with Crippen LogP contribution < -0.4 is 0 Å². The summed E-state index contributed by atoms with van der Waals surface area (Å²) in [5, 5.41) is 7.83. The summed E-state index contributed by atoms with van der Waals surface area (Å²) in [6.45, 7) is 0. The van der Waals surface area contributed by atoms with Gasteiger partial charge in [-0.1, -0.05) is 0 Å². The minimum Gasteiger partial charge on any atom is -0.479 e. The summed E-state index contributed by atoms with van der Waals surface area (Å²) in [7, 11) is 0. The highest BCUT2D eigenvalue weighted by Gasteiger charge is 2.95. The zero-order valence-corrected chi connectivity index (χ0v) is 10.5. The first-order valence-electron chi connectivity index (χ1n) is 5.01. The molecule has 17 heteroatoms. The van der Waals surface area contributed by atoms with Crippen LogP contribution in [-0.4, -0.2) is 52.8 Å². The molecule has 0 aliphatic carbocycles. The van der Waals surface area contributed by atoms with Gasteiger partial charge in [0.1, 0.15) is 0 Å². The second-order valence-corrected chi connectivity index (χ2v) is 4.26.